The smallest absolute Gasteiger partial charge is 0.237 e. The molecular formula is C15H18N2O. The van der Waals surface area contributed by atoms with Crippen molar-refractivity contribution in [2.24, 2.45) is 5.73 Å². The molecule has 0 heterocycles. The SMILES string of the molecule is CC(C)(NCc1cccc2ccccc12)C(N)=O. The molecule has 3 N–H and O–H groups in total. The van der Waals surface area contributed by atoms with Crippen LogP contribution in [0, 0.1) is 0 Å². The number of carbonyl (C=O) groups excluding carboxylic acids is 1. The van der Waals surface area contributed by atoms with Gasteiger partial charge in [-0.05, 0) is 30.2 Å². The number of primary amides is 1. The lowest BCUT2D eigenvalue weighted by atomic mass is 10.0. The largest absolute Gasteiger partial charge is 0.368 e. The molecule has 0 saturated heterocycles. The van der Waals surface area contributed by atoms with E-state index >= 15 is 0 Å². The number of fused-ring (bicyclic) bond motifs is 1. The Morgan fingerprint density at radius 2 is 1.83 bits per heavy atom. The van der Waals surface area contributed by atoms with E-state index in [-0.39, 0.29) is 5.91 Å². The van der Waals surface area contributed by atoms with Crippen molar-refractivity contribution < 1.29 is 4.79 Å². The molecule has 2 rings (SSSR count). The van der Waals surface area contributed by atoms with E-state index in [0.29, 0.717) is 6.54 Å². The fourth-order valence-corrected chi connectivity index (χ4v) is 1.85. The summed E-state index contributed by atoms with van der Waals surface area (Å²) < 4.78 is 0. The molecule has 0 spiro atoms. The van der Waals surface area contributed by atoms with Gasteiger partial charge in [-0.1, -0.05) is 42.5 Å². The Labute approximate surface area is 107 Å². The van der Waals surface area contributed by atoms with E-state index in [1.807, 2.05) is 18.2 Å². The van der Waals surface area contributed by atoms with Gasteiger partial charge in [0.2, 0.25) is 5.91 Å². The highest BCUT2D eigenvalue weighted by molar-refractivity contribution is 5.86. The Morgan fingerprint density at radius 3 is 2.56 bits per heavy atom. The molecule has 94 valence electrons. The number of nitrogens with two attached hydrogens (primary N) is 1. The first kappa shape index (κ1) is 12.6. The molecular weight excluding hydrogens is 224 g/mol. The van der Waals surface area contributed by atoms with Crippen molar-refractivity contribution in [3.05, 3.63) is 48.0 Å². The van der Waals surface area contributed by atoms with E-state index in [0.717, 1.165) is 0 Å². The second kappa shape index (κ2) is 4.78. The van der Waals surface area contributed by atoms with Crippen LogP contribution in [0.5, 0.6) is 0 Å². The molecule has 0 aliphatic heterocycles. The minimum absolute atomic E-state index is 0.345. The molecule has 3 nitrogen and oxygen atoms in total. The van der Waals surface area contributed by atoms with Crippen LogP contribution in [0.4, 0.5) is 0 Å². The zero-order chi connectivity index (χ0) is 13.2. The molecule has 0 fully saturated rings. The predicted octanol–water partition coefficient (Wildman–Crippen LogP) is 2.19. The van der Waals surface area contributed by atoms with Crippen LogP contribution in [0.2, 0.25) is 0 Å². The zero-order valence-corrected chi connectivity index (χ0v) is 10.7. The maximum Gasteiger partial charge on any atom is 0.237 e. The second-order valence-corrected chi connectivity index (χ2v) is 4.98. The van der Waals surface area contributed by atoms with Crippen LogP contribution >= 0.6 is 0 Å². The molecule has 0 saturated carbocycles. The van der Waals surface area contributed by atoms with E-state index in [9.17, 15) is 4.79 Å². The van der Waals surface area contributed by atoms with Gasteiger partial charge in [-0.15, -0.1) is 0 Å². The Bertz CT molecular complexity index is 570. The Hall–Kier alpha value is -1.87. The minimum Gasteiger partial charge on any atom is -0.368 e. The van der Waals surface area contributed by atoms with E-state index in [4.69, 9.17) is 5.73 Å². The van der Waals surface area contributed by atoms with Crippen LogP contribution < -0.4 is 11.1 Å². The maximum atomic E-state index is 11.3. The molecule has 0 unspecified atom stereocenters. The quantitative estimate of drug-likeness (QED) is 0.863. The first-order chi connectivity index (χ1) is 8.50. The fourth-order valence-electron chi connectivity index (χ4n) is 1.85. The molecule has 2 aromatic carbocycles. The summed E-state index contributed by atoms with van der Waals surface area (Å²) in [7, 11) is 0. The second-order valence-electron chi connectivity index (χ2n) is 4.98. The third-order valence-electron chi connectivity index (χ3n) is 3.22. The van der Waals surface area contributed by atoms with Gasteiger partial charge in [-0.2, -0.15) is 0 Å². The summed E-state index contributed by atoms with van der Waals surface area (Å²) in [6.07, 6.45) is 0. The molecule has 0 aromatic heterocycles. The highest BCUT2D eigenvalue weighted by Crippen LogP contribution is 2.18. The van der Waals surface area contributed by atoms with E-state index < -0.39 is 5.54 Å². The maximum absolute atomic E-state index is 11.3. The molecule has 0 aliphatic carbocycles. The summed E-state index contributed by atoms with van der Waals surface area (Å²) in [5, 5.41) is 5.60. The average Bonchev–Trinajstić information content (AvgIpc) is 2.36. The normalized spacial score (nSPS) is 11.7. The monoisotopic (exact) mass is 242 g/mol. The van der Waals surface area contributed by atoms with Crippen LogP contribution in [0.1, 0.15) is 19.4 Å². The lowest BCUT2D eigenvalue weighted by molar-refractivity contribution is -0.123. The van der Waals surface area contributed by atoms with Crippen molar-refractivity contribution in [2.75, 3.05) is 0 Å². The van der Waals surface area contributed by atoms with Crippen LogP contribution in [-0.4, -0.2) is 11.4 Å². The zero-order valence-electron chi connectivity index (χ0n) is 10.7. The lowest BCUT2D eigenvalue weighted by Gasteiger charge is -2.22. The van der Waals surface area contributed by atoms with Gasteiger partial charge in [0.05, 0.1) is 5.54 Å². The van der Waals surface area contributed by atoms with Gasteiger partial charge in [0.1, 0.15) is 0 Å². The highest BCUT2D eigenvalue weighted by Gasteiger charge is 2.23. The highest BCUT2D eigenvalue weighted by atomic mass is 16.1. The summed E-state index contributed by atoms with van der Waals surface area (Å²) in [5.41, 5.74) is 5.82. The number of nitrogens with one attached hydrogen (secondary N) is 1. The van der Waals surface area contributed by atoms with Crippen LogP contribution in [0.3, 0.4) is 0 Å². The standard InChI is InChI=1S/C15H18N2O/c1-15(2,14(16)18)17-10-12-8-5-7-11-6-3-4-9-13(11)12/h3-9,17H,10H2,1-2H3,(H2,16,18). The van der Waals surface area contributed by atoms with Crippen molar-refractivity contribution in [3.63, 3.8) is 0 Å². The van der Waals surface area contributed by atoms with Crippen molar-refractivity contribution in [3.8, 4) is 0 Å². The molecule has 1 amide bonds. The number of hydrogen-bond donors (Lipinski definition) is 2. The molecule has 3 heteroatoms. The van der Waals surface area contributed by atoms with Gasteiger partial charge < -0.3 is 5.73 Å². The molecule has 18 heavy (non-hydrogen) atoms. The Balaban J connectivity index is 2.25. The number of hydrogen-bond acceptors (Lipinski definition) is 2. The lowest BCUT2D eigenvalue weighted by Crippen LogP contribution is -2.50. The topological polar surface area (TPSA) is 55.1 Å². The van der Waals surface area contributed by atoms with E-state index in [2.05, 4.69) is 29.6 Å². The van der Waals surface area contributed by atoms with Crippen molar-refractivity contribution in [1.29, 1.82) is 0 Å². The summed E-state index contributed by atoms with van der Waals surface area (Å²) in [4.78, 5) is 11.3. The summed E-state index contributed by atoms with van der Waals surface area (Å²) in [5.74, 6) is -0.345. The van der Waals surface area contributed by atoms with Crippen molar-refractivity contribution in [2.45, 2.75) is 25.9 Å². The number of carbonyl (C=O) groups is 1. The Morgan fingerprint density at radius 1 is 1.17 bits per heavy atom. The third kappa shape index (κ3) is 2.51. The number of benzene rings is 2. The Kier molecular flexibility index (Phi) is 3.34. The summed E-state index contributed by atoms with van der Waals surface area (Å²) >= 11 is 0. The minimum atomic E-state index is -0.697. The van der Waals surface area contributed by atoms with Crippen LogP contribution in [0.15, 0.2) is 42.5 Å². The van der Waals surface area contributed by atoms with Gasteiger partial charge in [0, 0.05) is 6.54 Å². The van der Waals surface area contributed by atoms with Crippen LogP contribution in [-0.2, 0) is 11.3 Å². The van der Waals surface area contributed by atoms with E-state index in [1.54, 1.807) is 13.8 Å². The summed E-state index contributed by atoms with van der Waals surface area (Å²) in [6.45, 7) is 4.21. The summed E-state index contributed by atoms with van der Waals surface area (Å²) in [6, 6.07) is 14.4. The van der Waals surface area contributed by atoms with Gasteiger partial charge in [-0.25, -0.2) is 0 Å². The molecule has 0 radical (unpaired) electrons. The number of amides is 1. The van der Waals surface area contributed by atoms with E-state index in [1.165, 1.54) is 16.3 Å². The average molecular weight is 242 g/mol. The van der Waals surface area contributed by atoms with Crippen molar-refractivity contribution in [1.82, 2.24) is 5.32 Å². The van der Waals surface area contributed by atoms with Gasteiger partial charge in [-0.3, -0.25) is 10.1 Å². The molecule has 2 aromatic rings. The van der Waals surface area contributed by atoms with Crippen LogP contribution in [0.25, 0.3) is 10.8 Å². The first-order valence-corrected chi connectivity index (χ1v) is 6.02. The van der Waals surface area contributed by atoms with Gasteiger partial charge in [0.15, 0.2) is 0 Å². The van der Waals surface area contributed by atoms with Gasteiger partial charge >= 0.3 is 0 Å². The predicted molar refractivity (Wildman–Crippen MR) is 74.1 cm³/mol. The first-order valence-electron chi connectivity index (χ1n) is 6.02. The molecule has 0 bridgehead atoms. The molecule has 0 aliphatic rings. The number of rotatable bonds is 4. The van der Waals surface area contributed by atoms with Gasteiger partial charge in [0.25, 0.3) is 0 Å². The molecule has 0 atom stereocenters. The van der Waals surface area contributed by atoms with Crippen molar-refractivity contribution >= 4 is 16.7 Å². The fraction of sp³-hybridized carbons (Fsp3) is 0.267. The third-order valence-corrected chi connectivity index (χ3v) is 3.22.